The summed E-state index contributed by atoms with van der Waals surface area (Å²) < 4.78 is 10.5. The largest absolute Gasteiger partial charge is 0.428 e. The fraction of sp³-hybridized carbons (Fsp3) is 0. The molecule has 0 aliphatic heterocycles. The van der Waals surface area contributed by atoms with Gasteiger partial charge in [-0.2, -0.15) is 0 Å². The molecule has 7 aromatic rings. The van der Waals surface area contributed by atoms with Crippen molar-refractivity contribution in [1.82, 2.24) is 19.9 Å². The van der Waals surface area contributed by atoms with Crippen LogP contribution in [-0.4, -0.2) is 32.9 Å². The van der Waals surface area contributed by atoms with Gasteiger partial charge in [-0.15, -0.1) is 11.3 Å². The number of pyridine rings is 2. The molecule has 0 spiro atoms. The van der Waals surface area contributed by atoms with Gasteiger partial charge in [0.15, 0.2) is 5.82 Å². The monoisotopic (exact) mass is 595 g/mol. The van der Waals surface area contributed by atoms with Crippen LogP contribution in [0.4, 0.5) is 16.4 Å². The number of para-hydroxylation sites is 2. The fourth-order valence-electron chi connectivity index (χ4n) is 5.03. The van der Waals surface area contributed by atoms with E-state index in [0.717, 1.165) is 21.3 Å². The number of thiophene rings is 1. The maximum absolute atomic E-state index is 11.4. The van der Waals surface area contributed by atoms with E-state index < -0.39 is 0 Å². The highest BCUT2D eigenvalue weighted by molar-refractivity contribution is 7.19. The summed E-state index contributed by atoms with van der Waals surface area (Å²) in [5.74, 6) is 0.957. The van der Waals surface area contributed by atoms with Crippen LogP contribution < -0.4 is 14.4 Å². The van der Waals surface area contributed by atoms with Crippen LogP contribution >= 0.6 is 11.3 Å². The summed E-state index contributed by atoms with van der Waals surface area (Å²) in [6, 6.07) is 33.0. The van der Waals surface area contributed by atoms with Crippen LogP contribution in [0.25, 0.3) is 43.9 Å². The summed E-state index contributed by atoms with van der Waals surface area (Å²) in [6.45, 7) is 0.718. The van der Waals surface area contributed by atoms with Crippen LogP contribution in [0.2, 0.25) is 0 Å². The van der Waals surface area contributed by atoms with E-state index in [1.165, 1.54) is 6.20 Å². The molecule has 0 bridgehead atoms. The minimum Gasteiger partial charge on any atom is -0.428 e. The van der Waals surface area contributed by atoms with Crippen LogP contribution in [0.3, 0.4) is 0 Å². The Morgan fingerprint density at radius 2 is 1.27 bits per heavy atom. The summed E-state index contributed by atoms with van der Waals surface area (Å²) in [4.78, 5) is 44.3. The zero-order valence-electron chi connectivity index (χ0n) is 22.9. The van der Waals surface area contributed by atoms with Gasteiger partial charge in [-0.05, 0) is 60.7 Å². The first-order chi connectivity index (χ1) is 21.7. The fourth-order valence-corrected chi connectivity index (χ4v) is 6.04. The molecule has 10 heteroatoms. The van der Waals surface area contributed by atoms with E-state index in [4.69, 9.17) is 19.4 Å². The summed E-state index contributed by atoms with van der Waals surface area (Å²) in [5, 5.41) is 2.16. The molecule has 0 unspecified atom stereocenters. The molecular weight excluding hydrogens is 574 g/mol. The van der Waals surface area contributed by atoms with Crippen molar-refractivity contribution >= 4 is 62.5 Å². The normalized spacial score (nSPS) is 10.9. The van der Waals surface area contributed by atoms with Crippen molar-refractivity contribution in [3.05, 3.63) is 116 Å². The highest BCUT2D eigenvalue weighted by atomic mass is 32.1. The smallest absolute Gasteiger partial charge is 0.298 e. The molecule has 44 heavy (non-hydrogen) atoms. The Bertz CT molecular complexity index is 2100. The van der Waals surface area contributed by atoms with Crippen LogP contribution in [0.1, 0.15) is 0 Å². The van der Waals surface area contributed by atoms with Gasteiger partial charge in [-0.1, -0.05) is 36.4 Å². The number of nitrogens with zero attached hydrogens (tertiary/aromatic N) is 5. The minimum atomic E-state index is 0.277. The summed E-state index contributed by atoms with van der Waals surface area (Å²) in [6.07, 6.45) is 3.20. The van der Waals surface area contributed by atoms with E-state index in [0.29, 0.717) is 57.7 Å². The molecule has 0 N–H and O–H groups in total. The van der Waals surface area contributed by atoms with Gasteiger partial charge in [0.05, 0.1) is 10.6 Å². The maximum atomic E-state index is 11.4. The maximum Gasteiger partial charge on any atom is 0.298 e. The molecule has 212 valence electrons. The SMILES string of the molecule is O=COc1ccnc2c1ccc1c(OC=O)cc(-c3nccc(-c4ccc(N(c5ccccc5)c5ccccc5)s4)n3)nc12. The molecule has 4 heterocycles. The van der Waals surface area contributed by atoms with E-state index in [1.54, 1.807) is 41.8 Å². The number of ether oxygens (including phenoxy) is 2. The molecule has 0 radical (unpaired) electrons. The quantitative estimate of drug-likeness (QED) is 0.124. The predicted molar refractivity (Wildman–Crippen MR) is 169 cm³/mol. The van der Waals surface area contributed by atoms with E-state index in [9.17, 15) is 9.59 Å². The number of rotatable bonds is 9. The lowest BCUT2D eigenvalue weighted by molar-refractivity contribution is -0.121. The molecule has 0 aliphatic carbocycles. The zero-order valence-corrected chi connectivity index (χ0v) is 23.7. The highest BCUT2D eigenvalue weighted by Crippen LogP contribution is 2.41. The zero-order chi connectivity index (χ0) is 29.9. The third kappa shape index (κ3) is 4.99. The van der Waals surface area contributed by atoms with Crippen LogP contribution in [0.5, 0.6) is 11.5 Å². The molecule has 0 atom stereocenters. The Labute approximate surface area is 255 Å². The molecular formula is C34H21N5O4S. The Balaban J connectivity index is 1.32. The summed E-state index contributed by atoms with van der Waals surface area (Å²) >= 11 is 1.60. The Hall–Kier alpha value is -6.00. The van der Waals surface area contributed by atoms with E-state index >= 15 is 0 Å². The molecule has 4 aromatic heterocycles. The summed E-state index contributed by atoms with van der Waals surface area (Å²) in [7, 11) is 0. The van der Waals surface area contributed by atoms with Gasteiger partial charge in [0, 0.05) is 40.6 Å². The molecule has 0 saturated carbocycles. The number of carbonyl (C=O) groups is 2. The standard InChI is InChI=1S/C34H21N5O4S/c40-20-42-28-16-18-35-32-24(28)11-12-25-29(43-21-41)19-27(37-33(25)32)34-36-17-15-26(38-34)30-13-14-31(44-30)39(22-7-3-1-4-8-22)23-9-5-2-6-10-23/h1-21H. The van der Waals surface area contributed by atoms with Crippen molar-refractivity contribution in [3.63, 3.8) is 0 Å². The second kappa shape index (κ2) is 11.7. The molecule has 0 fully saturated rings. The van der Waals surface area contributed by atoms with Crippen molar-refractivity contribution in [2.75, 3.05) is 4.90 Å². The van der Waals surface area contributed by atoms with Gasteiger partial charge in [0.1, 0.15) is 33.2 Å². The molecule has 7 rings (SSSR count). The second-order valence-electron chi connectivity index (χ2n) is 9.51. The first kappa shape index (κ1) is 26.9. The van der Waals surface area contributed by atoms with Crippen molar-refractivity contribution in [3.8, 4) is 33.6 Å². The van der Waals surface area contributed by atoms with Crippen LogP contribution in [0, 0.1) is 0 Å². The van der Waals surface area contributed by atoms with Gasteiger partial charge in [-0.25, -0.2) is 15.0 Å². The van der Waals surface area contributed by atoms with Crippen LogP contribution in [-0.2, 0) is 9.59 Å². The van der Waals surface area contributed by atoms with Gasteiger partial charge in [0.25, 0.3) is 12.9 Å². The lowest BCUT2D eigenvalue weighted by atomic mass is 10.1. The predicted octanol–water partition coefficient (Wildman–Crippen LogP) is 7.51. The summed E-state index contributed by atoms with van der Waals surface area (Å²) in [5.41, 5.74) is 4.11. The third-order valence-corrected chi connectivity index (χ3v) is 8.03. The number of aromatic nitrogens is 4. The van der Waals surface area contributed by atoms with Crippen molar-refractivity contribution < 1.29 is 19.1 Å². The van der Waals surface area contributed by atoms with Crippen molar-refractivity contribution in [1.29, 1.82) is 0 Å². The van der Waals surface area contributed by atoms with Crippen molar-refractivity contribution in [2.24, 2.45) is 0 Å². The Morgan fingerprint density at radius 1 is 0.614 bits per heavy atom. The minimum absolute atomic E-state index is 0.277. The molecule has 9 nitrogen and oxygen atoms in total. The molecule has 3 aromatic carbocycles. The van der Waals surface area contributed by atoms with E-state index in [2.05, 4.69) is 45.2 Å². The van der Waals surface area contributed by atoms with E-state index in [1.807, 2.05) is 48.5 Å². The third-order valence-electron chi connectivity index (χ3n) is 6.94. The van der Waals surface area contributed by atoms with Gasteiger partial charge in [0.2, 0.25) is 0 Å². The topological polar surface area (TPSA) is 107 Å². The average Bonchev–Trinajstić information content (AvgIpc) is 3.56. The number of carbonyl (C=O) groups excluding carboxylic acids is 2. The Kier molecular flexibility index (Phi) is 7.15. The number of hydrogen-bond donors (Lipinski definition) is 0. The Morgan fingerprint density at radius 3 is 1.98 bits per heavy atom. The number of hydrogen-bond acceptors (Lipinski definition) is 10. The number of anilines is 3. The average molecular weight is 596 g/mol. The first-order valence-electron chi connectivity index (χ1n) is 13.5. The lowest BCUT2D eigenvalue weighted by Crippen LogP contribution is -2.07. The molecule has 0 aliphatic rings. The van der Waals surface area contributed by atoms with Crippen LogP contribution in [0.15, 0.2) is 116 Å². The molecule has 0 saturated heterocycles. The van der Waals surface area contributed by atoms with Gasteiger partial charge >= 0.3 is 0 Å². The molecule has 0 amide bonds. The lowest BCUT2D eigenvalue weighted by Gasteiger charge is -2.23. The van der Waals surface area contributed by atoms with Gasteiger partial charge < -0.3 is 14.4 Å². The van der Waals surface area contributed by atoms with E-state index in [-0.39, 0.29) is 5.75 Å². The van der Waals surface area contributed by atoms with Gasteiger partial charge in [-0.3, -0.25) is 14.6 Å². The second-order valence-corrected chi connectivity index (χ2v) is 10.6. The first-order valence-corrected chi connectivity index (χ1v) is 14.3. The number of benzene rings is 3. The van der Waals surface area contributed by atoms with Crippen molar-refractivity contribution in [2.45, 2.75) is 0 Å². The number of fused-ring (bicyclic) bond motifs is 3. The highest BCUT2D eigenvalue weighted by Gasteiger charge is 2.18.